The van der Waals surface area contributed by atoms with E-state index in [0.717, 1.165) is 0 Å². The van der Waals surface area contributed by atoms with Crippen LogP contribution in [0.4, 0.5) is 23.3 Å². The van der Waals surface area contributed by atoms with Crippen molar-refractivity contribution in [3.8, 4) is 11.4 Å². The summed E-state index contributed by atoms with van der Waals surface area (Å²) in [6.45, 7) is 0. The lowest BCUT2D eigenvalue weighted by Crippen LogP contribution is -2.14. The molecule has 0 saturated carbocycles. The average Bonchev–Trinajstić information content (AvgIpc) is 2.62. The second-order valence-corrected chi connectivity index (χ2v) is 6.89. The second kappa shape index (κ2) is 7.15. The number of nitrogens with one attached hydrogen (secondary N) is 1. The fraction of sp³-hybridized carbons (Fsp3) is 0. The van der Waals surface area contributed by atoms with Crippen LogP contribution in [-0.4, -0.2) is 23.4 Å². The highest BCUT2D eigenvalue weighted by Crippen LogP contribution is 2.28. The van der Waals surface area contributed by atoms with Gasteiger partial charge < -0.3 is 11.5 Å². The van der Waals surface area contributed by atoms with E-state index in [4.69, 9.17) is 17.0 Å². The molecule has 12 heteroatoms. The molecule has 0 unspecified atom stereocenters. The van der Waals surface area contributed by atoms with Crippen LogP contribution in [0.1, 0.15) is 0 Å². The Bertz CT molecular complexity index is 1120. The third-order valence-corrected chi connectivity index (χ3v) is 4.77. The molecular formula is C15H13N9O2S. The molecule has 0 atom stereocenters. The van der Waals surface area contributed by atoms with E-state index < -0.39 is 10.0 Å². The summed E-state index contributed by atoms with van der Waals surface area (Å²) in [4.78, 5) is 14.3. The monoisotopic (exact) mass is 383 g/mol. The van der Waals surface area contributed by atoms with E-state index in [1.807, 2.05) is 0 Å². The van der Waals surface area contributed by atoms with Crippen molar-refractivity contribution in [1.82, 2.24) is 15.0 Å². The molecule has 0 saturated heterocycles. The summed E-state index contributed by atoms with van der Waals surface area (Å²) in [5.41, 5.74) is 20.5. The maximum atomic E-state index is 12.7. The van der Waals surface area contributed by atoms with Crippen molar-refractivity contribution in [3.05, 3.63) is 59.0 Å². The lowest BCUT2D eigenvalue weighted by atomic mass is 10.2. The molecule has 0 fully saturated rings. The Morgan fingerprint density at radius 2 is 1.59 bits per heavy atom. The number of rotatable bonds is 5. The van der Waals surface area contributed by atoms with Gasteiger partial charge in [0.2, 0.25) is 11.9 Å². The van der Waals surface area contributed by atoms with Crippen LogP contribution in [0.15, 0.2) is 58.5 Å². The summed E-state index contributed by atoms with van der Waals surface area (Å²) in [7, 11) is -3.91. The highest BCUT2D eigenvalue weighted by atomic mass is 32.2. The number of nitrogen functional groups attached to an aromatic ring is 2. The number of nitrogens with two attached hydrogens (primary N) is 2. The SMILES string of the molecule is [N-]=[N+]=Nc1ccc(S(=O)(=O)Nc2ccccc2-c2nc(N)nc(N)n2)cc1. The van der Waals surface area contributed by atoms with Gasteiger partial charge >= 0.3 is 0 Å². The first-order chi connectivity index (χ1) is 12.9. The van der Waals surface area contributed by atoms with Gasteiger partial charge in [0, 0.05) is 16.2 Å². The minimum Gasteiger partial charge on any atom is -0.368 e. The number of azide groups is 1. The fourth-order valence-corrected chi connectivity index (χ4v) is 3.32. The minimum atomic E-state index is -3.91. The number of anilines is 3. The summed E-state index contributed by atoms with van der Waals surface area (Å²) in [5, 5.41) is 3.40. The quantitative estimate of drug-likeness (QED) is 0.343. The molecule has 0 aliphatic rings. The maximum Gasteiger partial charge on any atom is 0.261 e. The highest BCUT2D eigenvalue weighted by molar-refractivity contribution is 7.92. The van der Waals surface area contributed by atoms with Crippen LogP contribution in [0.5, 0.6) is 0 Å². The number of hydrogen-bond donors (Lipinski definition) is 3. The van der Waals surface area contributed by atoms with E-state index in [2.05, 4.69) is 29.7 Å². The molecule has 0 aliphatic heterocycles. The van der Waals surface area contributed by atoms with Gasteiger partial charge in [-0.05, 0) is 29.8 Å². The van der Waals surface area contributed by atoms with E-state index in [0.29, 0.717) is 11.3 Å². The Morgan fingerprint density at radius 1 is 0.963 bits per heavy atom. The van der Waals surface area contributed by atoms with Gasteiger partial charge in [0.15, 0.2) is 5.82 Å². The average molecular weight is 383 g/mol. The number of hydrogen-bond acceptors (Lipinski definition) is 8. The van der Waals surface area contributed by atoms with Gasteiger partial charge in [-0.2, -0.15) is 15.0 Å². The van der Waals surface area contributed by atoms with Crippen molar-refractivity contribution in [2.24, 2.45) is 5.11 Å². The summed E-state index contributed by atoms with van der Waals surface area (Å²) < 4.78 is 27.8. The zero-order valence-corrected chi connectivity index (χ0v) is 14.5. The molecule has 0 spiro atoms. The maximum absolute atomic E-state index is 12.7. The molecule has 0 amide bonds. The molecular weight excluding hydrogens is 370 g/mol. The number of sulfonamides is 1. The Morgan fingerprint density at radius 3 is 2.22 bits per heavy atom. The number of nitrogens with zero attached hydrogens (tertiary/aromatic N) is 6. The molecule has 0 bridgehead atoms. The van der Waals surface area contributed by atoms with Crippen LogP contribution in [-0.2, 0) is 10.0 Å². The van der Waals surface area contributed by atoms with Gasteiger partial charge in [-0.3, -0.25) is 4.72 Å². The smallest absolute Gasteiger partial charge is 0.261 e. The first-order valence-corrected chi connectivity index (χ1v) is 8.92. The van der Waals surface area contributed by atoms with E-state index in [1.54, 1.807) is 24.3 Å². The van der Waals surface area contributed by atoms with Crippen molar-refractivity contribution in [1.29, 1.82) is 0 Å². The highest BCUT2D eigenvalue weighted by Gasteiger charge is 2.18. The van der Waals surface area contributed by atoms with Crippen LogP contribution < -0.4 is 16.2 Å². The first kappa shape index (κ1) is 17.9. The Balaban J connectivity index is 1.99. The molecule has 0 aliphatic carbocycles. The van der Waals surface area contributed by atoms with Crippen molar-refractivity contribution in [2.75, 3.05) is 16.2 Å². The van der Waals surface area contributed by atoms with E-state index >= 15 is 0 Å². The predicted molar refractivity (Wildman–Crippen MR) is 100 cm³/mol. The Labute approximate surface area is 153 Å². The van der Waals surface area contributed by atoms with E-state index in [-0.39, 0.29) is 28.3 Å². The summed E-state index contributed by atoms with van der Waals surface area (Å²) in [6, 6.07) is 12.0. The second-order valence-electron chi connectivity index (χ2n) is 5.21. The van der Waals surface area contributed by atoms with Crippen LogP contribution >= 0.6 is 0 Å². The molecule has 136 valence electrons. The molecule has 0 radical (unpaired) electrons. The van der Waals surface area contributed by atoms with Crippen LogP contribution in [0, 0.1) is 0 Å². The molecule has 1 heterocycles. The topological polar surface area (TPSA) is 186 Å². The number of para-hydroxylation sites is 1. The van der Waals surface area contributed by atoms with Crippen molar-refractivity contribution >= 4 is 33.3 Å². The molecule has 27 heavy (non-hydrogen) atoms. The lowest BCUT2D eigenvalue weighted by Gasteiger charge is -2.12. The largest absolute Gasteiger partial charge is 0.368 e. The Hall–Kier alpha value is -3.89. The van der Waals surface area contributed by atoms with E-state index in [9.17, 15) is 8.42 Å². The number of aromatic nitrogens is 3. The summed E-state index contributed by atoms with van der Waals surface area (Å²) >= 11 is 0. The predicted octanol–water partition coefficient (Wildman–Crippen LogP) is 2.45. The van der Waals surface area contributed by atoms with Crippen LogP contribution in [0.2, 0.25) is 0 Å². The van der Waals surface area contributed by atoms with Gasteiger partial charge in [0.05, 0.1) is 10.6 Å². The third kappa shape index (κ3) is 4.03. The van der Waals surface area contributed by atoms with Crippen LogP contribution in [0.3, 0.4) is 0 Å². The third-order valence-electron chi connectivity index (χ3n) is 3.39. The standard InChI is InChI=1S/C15H13N9O2S/c16-14-19-13(20-15(17)21-14)11-3-1-2-4-12(11)23-27(25,26)10-7-5-9(6-8-10)22-24-18/h1-8,23H,(H4,16,17,19,20,21). The molecule has 3 aromatic rings. The van der Waals surface area contributed by atoms with Crippen molar-refractivity contribution in [2.45, 2.75) is 4.90 Å². The van der Waals surface area contributed by atoms with Gasteiger partial charge in [0.1, 0.15) is 0 Å². The zero-order valence-electron chi connectivity index (χ0n) is 13.7. The summed E-state index contributed by atoms with van der Waals surface area (Å²) in [6.07, 6.45) is 0. The van der Waals surface area contributed by atoms with Crippen molar-refractivity contribution < 1.29 is 8.42 Å². The molecule has 5 N–H and O–H groups in total. The summed E-state index contributed by atoms with van der Waals surface area (Å²) in [5.74, 6) is -0.0235. The van der Waals surface area contributed by atoms with Crippen molar-refractivity contribution in [3.63, 3.8) is 0 Å². The van der Waals surface area contributed by atoms with Gasteiger partial charge in [-0.25, -0.2) is 8.42 Å². The minimum absolute atomic E-state index is 0.0103. The number of benzene rings is 2. The van der Waals surface area contributed by atoms with Gasteiger partial charge in [0.25, 0.3) is 10.0 Å². The molecule has 2 aromatic carbocycles. The van der Waals surface area contributed by atoms with Crippen LogP contribution in [0.25, 0.3) is 21.8 Å². The van der Waals surface area contributed by atoms with E-state index in [1.165, 1.54) is 24.3 Å². The van der Waals surface area contributed by atoms with Gasteiger partial charge in [-0.15, -0.1) is 0 Å². The zero-order chi connectivity index (χ0) is 19.4. The lowest BCUT2D eigenvalue weighted by molar-refractivity contribution is 0.601. The first-order valence-electron chi connectivity index (χ1n) is 7.43. The molecule has 1 aromatic heterocycles. The normalized spacial score (nSPS) is 10.8. The Kier molecular flexibility index (Phi) is 4.75. The molecule has 3 rings (SSSR count). The fourth-order valence-electron chi connectivity index (χ4n) is 2.24. The van der Waals surface area contributed by atoms with Gasteiger partial charge in [-0.1, -0.05) is 29.4 Å². The molecule has 11 nitrogen and oxygen atoms in total.